The van der Waals surface area contributed by atoms with Crippen LogP contribution in [-0.2, 0) is 19.5 Å². The number of fused-ring (bicyclic) bond motifs is 1. The number of nitrogens with two attached hydrogens (primary N) is 1. The average Bonchev–Trinajstić information content (AvgIpc) is 3.48. The first kappa shape index (κ1) is 27.3. The number of aromatic amines is 1. The zero-order valence-electron chi connectivity index (χ0n) is 22.7. The summed E-state index contributed by atoms with van der Waals surface area (Å²) in [6.45, 7) is 0.257. The van der Waals surface area contributed by atoms with Crippen LogP contribution in [0.15, 0.2) is 69.6 Å². The van der Waals surface area contributed by atoms with Gasteiger partial charge in [0.05, 0.1) is 12.1 Å². The molecule has 12 heteroatoms. The molecule has 2 aromatic carbocycles. The first-order valence-electron chi connectivity index (χ1n) is 13.4. The van der Waals surface area contributed by atoms with Gasteiger partial charge in [-0.25, -0.2) is 14.2 Å². The zero-order valence-corrected chi connectivity index (χ0v) is 23.5. The van der Waals surface area contributed by atoms with Gasteiger partial charge in [0.2, 0.25) is 5.91 Å². The van der Waals surface area contributed by atoms with Gasteiger partial charge in [-0.1, -0.05) is 30.3 Å². The number of benzene rings is 2. The topological polar surface area (TPSA) is 136 Å². The minimum Gasteiger partial charge on any atom is -0.366 e. The number of nitrogens with zero attached hydrogens (tertiary/aromatic N) is 4. The Morgan fingerprint density at radius 3 is 2.52 bits per heavy atom. The molecule has 42 heavy (non-hydrogen) atoms. The zero-order chi connectivity index (χ0) is 29.5. The Labute approximate surface area is 242 Å². The highest BCUT2D eigenvalue weighted by Gasteiger charge is 2.26. The van der Waals surface area contributed by atoms with Crippen molar-refractivity contribution in [2.75, 3.05) is 11.9 Å². The van der Waals surface area contributed by atoms with E-state index in [0.717, 1.165) is 34.3 Å². The Kier molecular flexibility index (Phi) is 7.07. The van der Waals surface area contributed by atoms with Gasteiger partial charge in [-0.05, 0) is 54.0 Å². The van der Waals surface area contributed by atoms with E-state index in [1.165, 1.54) is 21.6 Å². The Morgan fingerprint density at radius 1 is 1.10 bits per heavy atom. The van der Waals surface area contributed by atoms with Crippen LogP contribution in [0.4, 0.5) is 10.1 Å². The highest BCUT2D eigenvalue weighted by molar-refractivity contribution is 7.12. The van der Waals surface area contributed by atoms with E-state index >= 15 is 0 Å². The summed E-state index contributed by atoms with van der Waals surface area (Å²) in [5.41, 5.74) is 6.73. The molecule has 0 spiro atoms. The molecule has 5 aromatic rings. The Balaban J connectivity index is 1.29. The highest BCUT2D eigenvalue weighted by Crippen LogP contribution is 2.31. The van der Waals surface area contributed by atoms with Crippen LogP contribution in [-0.4, -0.2) is 38.0 Å². The molecule has 0 unspecified atom stereocenters. The number of nitrogens with one attached hydrogen (secondary N) is 1. The number of hydrogen-bond donors (Lipinski definition) is 2. The second kappa shape index (κ2) is 10.9. The molecule has 6 rings (SSSR count). The molecular weight excluding hydrogens is 559 g/mol. The van der Waals surface area contributed by atoms with E-state index in [1.807, 2.05) is 12.1 Å². The number of aromatic nitrogens is 4. The molecule has 10 nitrogen and oxygen atoms in total. The molecule has 0 aliphatic heterocycles. The molecule has 1 saturated carbocycles. The highest BCUT2D eigenvalue weighted by atomic mass is 32.1. The minimum absolute atomic E-state index is 0.181. The molecule has 0 atom stereocenters. The summed E-state index contributed by atoms with van der Waals surface area (Å²) in [5.74, 6) is -0.648. The summed E-state index contributed by atoms with van der Waals surface area (Å²) in [4.78, 5) is 60.9. The fourth-order valence-corrected chi connectivity index (χ4v) is 5.80. The van der Waals surface area contributed by atoms with E-state index in [-0.39, 0.29) is 34.0 Å². The van der Waals surface area contributed by atoms with E-state index in [9.17, 15) is 23.6 Å². The predicted molar refractivity (Wildman–Crippen MR) is 158 cm³/mol. The van der Waals surface area contributed by atoms with E-state index in [1.54, 1.807) is 42.8 Å². The van der Waals surface area contributed by atoms with E-state index in [0.29, 0.717) is 36.0 Å². The number of thiophene rings is 1. The molecule has 3 N–H and O–H groups in total. The van der Waals surface area contributed by atoms with E-state index in [4.69, 9.17) is 5.73 Å². The lowest BCUT2D eigenvalue weighted by atomic mass is 10.1. The van der Waals surface area contributed by atoms with Gasteiger partial charge >= 0.3 is 5.69 Å². The molecule has 1 aliphatic rings. The van der Waals surface area contributed by atoms with Crippen molar-refractivity contribution in [3.05, 3.63) is 114 Å². The van der Waals surface area contributed by atoms with Crippen LogP contribution in [0.2, 0.25) is 0 Å². The lowest BCUT2D eigenvalue weighted by Gasteiger charge is -2.17. The van der Waals surface area contributed by atoms with Crippen LogP contribution >= 0.6 is 11.3 Å². The summed E-state index contributed by atoms with van der Waals surface area (Å²) < 4.78 is 17.0. The molecule has 3 aromatic heterocycles. The number of primary amides is 1. The maximum atomic E-state index is 14.4. The quantitative estimate of drug-likeness (QED) is 0.273. The average molecular weight is 587 g/mol. The lowest BCUT2D eigenvalue weighted by molar-refractivity contribution is 0.0967. The standard InChI is InChI=1S/C30H27FN6O4S/c1-35(29(40)25-21(26(32)38)12-13-42-25)20-10-8-17(9-11-20)14-23-33-24-27(34-23)36(15-18-6-7-18)30(41)37(28(24)39)16-19-4-2-3-5-22(19)31/h2-5,8-13,18H,6-7,14-16H2,1H3,(H2,32,38)(H,33,34). The molecule has 214 valence electrons. The van der Waals surface area contributed by atoms with Gasteiger partial charge in [0, 0.05) is 31.3 Å². The third-order valence-corrected chi connectivity index (χ3v) is 8.36. The largest absolute Gasteiger partial charge is 0.366 e. The van der Waals surface area contributed by atoms with Crippen molar-refractivity contribution in [3.8, 4) is 0 Å². The smallest absolute Gasteiger partial charge is 0.333 e. The Hall–Kier alpha value is -4.84. The second-order valence-corrected chi connectivity index (χ2v) is 11.4. The number of anilines is 1. The van der Waals surface area contributed by atoms with Crippen LogP contribution in [0.25, 0.3) is 11.2 Å². The molecular formula is C30H27FN6O4S. The fraction of sp³-hybridized carbons (Fsp3) is 0.233. The number of amides is 2. The SMILES string of the molecule is CN(C(=O)c1sccc1C(N)=O)c1ccc(Cc2nc3c([nH]2)c(=O)n(Cc2ccccc2F)c(=O)n3CC2CC2)cc1. The Morgan fingerprint density at radius 2 is 1.83 bits per heavy atom. The number of imidazole rings is 1. The van der Waals surface area contributed by atoms with Crippen molar-refractivity contribution in [2.45, 2.75) is 32.4 Å². The normalized spacial score (nSPS) is 13.0. The van der Waals surface area contributed by atoms with E-state index in [2.05, 4.69) is 9.97 Å². The van der Waals surface area contributed by atoms with Gasteiger partial charge in [0.15, 0.2) is 5.65 Å². The molecule has 0 bridgehead atoms. The number of halogens is 1. The predicted octanol–water partition coefficient (Wildman–Crippen LogP) is 3.51. The van der Waals surface area contributed by atoms with Crippen LogP contribution < -0.4 is 21.9 Å². The summed E-state index contributed by atoms with van der Waals surface area (Å²) in [7, 11) is 1.62. The summed E-state index contributed by atoms with van der Waals surface area (Å²) in [6, 6.07) is 14.8. The molecule has 0 saturated heterocycles. The lowest BCUT2D eigenvalue weighted by Crippen LogP contribution is -2.40. The monoisotopic (exact) mass is 586 g/mol. The maximum Gasteiger partial charge on any atom is 0.333 e. The minimum atomic E-state index is -0.657. The summed E-state index contributed by atoms with van der Waals surface area (Å²) in [5, 5.41) is 1.65. The first-order chi connectivity index (χ1) is 20.2. The van der Waals surface area contributed by atoms with Crippen molar-refractivity contribution in [1.82, 2.24) is 19.1 Å². The van der Waals surface area contributed by atoms with Crippen molar-refractivity contribution in [1.29, 1.82) is 0 Å². The number of carbonyl (C=O) groups is 2. The third-order valence-electron chi connectivity index (χ3n) is 7.46. The number of H-pyrrole nitrogens is 1. The van der Waals surface area contributed by atoms with Gasteiger partial charge in [-0.3, -0.25) is 23.5 Å². The van der Waals surface area contributed by atoms with Crippen molar-refractivity contribution >= 4 is 40.0 Å². The molecule has 2 amide bonds. The van der Waals surface area contributed by atoms with E-state index < -0.39 is 23.0 Å². The van der Waals surface area contributed by atoms with Crippen molar-refractivity contribution in [3.63, 3.8) is 0 Å². The molecule has 3 heterocycles. The van der Waals surface area contributed by atoms with Crippen molar-refractivity contribution < 1.29 is 14.0 Å². The van der Waals surface area contributed by atoms with Gasteiger partial charge in [-0.2, -0.15) is 0 Å². The van der Waals surface area contributed by atoms with Crippen LogP contribution in [0.1, 0.15) is 49.8 Å². The summed E-state index contributed by atoms with van der Waals surface area (Å²) in [6.07, 6.45) is 2.34. The number of rotatable bonds is 9. The van der Waals surface area contributed by atoms with Crippen molar-refractivity contribution in [2.24, 2.45) is 11.7 Å². The fourth-order valence-electron chi connectivity index (χ4n) is 4.93. The molecule has 1 fully saturated rings. The Bertz CT molecular complexity index is 1950. The molecule has 1 aliphatic carbocycles. The van der Waals surface area contributed by atoms with Gasteiger partial charge in [0.1, 0.15) is 22.0 Å². The second-order valence-electron chi connectivity index (χ2n) is 10.4. The van der Waals surface area contributed by atoms with Gasteiger partial charge in [-0.15, -0.1) is 11.3 Å². The van der Waals surface area contributed by atoms with Crippen LogP contribution in [0, 0.1) is 11.7 Å². The first-order valence-corrected chi connectivity index (χ1v) is 14.3. The molecule has 0 radical (unpaired) electrons. The van der Waals surface area contributed by atoms with Crippen LogP contribution in [0.3, 0.4) is 0 Å². The summed E-state index contributed by atoms with van der Waals surface area (Å²) >= 11 is 1.15. The third kappa shape index (κ3) is 5.16. The number of carbonyl (C=O) groups excluding carboxylic acids is 2. The van der Waals surface area contributed by atoms with Gasteiger partial charge in [0.25, 0.3) is 11.5 Å². The van der Waals surface area contributed by atoms with Crippen LogP contribution in [0.5, 0.6) is 0 Å². The number of hydrogen-bond acceptors (Lipinski definition) is 6. The van der Waals surface area contributed by atoms with Gasteiger partial charge < -0.3 is 15.6 Å². The maximum absolute atomic E-state index is 14.4.